The van der Waals surface area contributed by atoms with E-state index in [9.17, 15) is 0 Å². The van der Waals surface area contributed by atoms with Crippen LogP contribution in [0.1, 0.15) is 0 Å². The first kappa shape index (κ1) is 11.3. The van der Waals surface area contributed by atoms with Gasteiger partial charge in [0.25, 0.3) is 0 Å². The fourth-order valence-corrected chi connectivity index (χ4v) is 1.52. The summed E-state index contributed by atoms with van der Waals surface area (Å²) in [5, 5.41) is 0. The molecular weight excluding hydrogens is 211 g/mol. The summed E-state index contributed by atoms with van der Waals surface area (Å²) in [5.74, 6) is 1.54. The third-order valence-electron chi connectivity index (χ3n) is 2.24. The number of fused-ring (bicyclic) bond motifs is 1. The van der Waals surface area contributed by atoms with Crippen LogP contribution in [-0.2, 0) is 0 Å². The quantitative estimate of drug-likeness (QED) is 0.445. The van der Waals surface area contributed by atoms with Gasteiger partial charge in [-0.3, -0.25) is 0 Å². The summed E-state index contributed by atoms with van der Waals surface area (Å²) in [4.78, 5) is 6.13. The van der Waals surface area contributed by atoms with Crippen LogP contribution in [0.15, 0.2) is 66.5 Å². The minimum atomic E-state index is 0.727. The zero-order valence-corrected chi connectivity index (χ0v) is 9.41. The van der Waals surface area contributed by atoms with Crippen molar-refractivity contribution in [2.24, 2.45) is 4.99 Å². The number of nitrogens with zero attached hydrogens (tertiary/aromatic N) is 2. The molecule has 2 rings (SSSR count). The predicted octanol–water partition coefficient (Wildman–Crippen LogP) is 2.70. The fraction of sp³-hybridized carbons (Fsp3) is 0. The number of benzene rings is 1. The van der Waals surface area contributed by atoms with Gasteiger partial charge in [0.15, 0.2) is 0 Å². The van der Waals surface area contributed by atoms with Gasteiger partial charge in [-0.05, 0) is 18.2 Å². The van der Waals surface area contributed by atoms with Gasteiger partial charge in [-0.15, -0.1) is 0 Å². The Bertz CT molecular complexity index is 494. The van der Waals surface area contributed by atoms with E-state index in [4.69, 9.17) is 4.65 Å². The average Bonchev–Trinajstić information content (AvgIpc) is 2.78. The lowest BCUT2D eigenvalue weighted by atomic mass is 10.2. The number of rotatable bonds is 4. The number of hydrogen-bond acceptors (Lipinski definition) is 3. The second kappa shape index (κ2) is 5.21. The molecule has 0 amide bonds. The van der Waals surface area contributed by atoms with Crippen molar-refractivity contribution in [2.45, 2.75) is 0 Å². The molecule has 1 aromatic carbocycles. The Morgan fingerprint density at radius 3 is 2.88 bits per heavy atom. The van der Waals surface area contributed by atoms with Crippen molar-refractivity contribution in [3.63, 3.8) is 0 Å². The molecule has 1 heterocycles. The maximum absolute atomic E-state index is 5.44. The van der Waals surface area contributed by atoms with E-state index in [0.29, 0.717) is 0 Å². The summed E-state index contributed by atoms with van der Waals surface area (Å²) >= 11 is 0. The van der Waals surface area contributed by atoms with Crippen LogP contribution in [0.3, 0.4) is 0 Å². The zero-order valence-electron chi connectivity index (χ0n) is 9.41. The highest BCUT2D eigenvalue weighted by Gasteiger charge is 2.25. The molecule has 3 nitrogen and oxygen atoms in total. The van der Waals surface area contributed by atoms with Crippen LogP contribution in [0.25, 0.3) is 0 Å². The summed E-state index contributed by atoms with van der Waals surface area (Å²) in [7, 11) is 1.63. The molecular formula is C13H12BN2O. The Morgan fingerprint density at radius 2 is 2.12 bits per heavy atom. The van der Waals surface area contributed by atoms with Gasteiger partial charge in [0, 0.05) is 6.21 Å². The van der Waals surface area contributed by atoms with Crippen LogP contribution in [0.4, 0.5) is 5.69 Å². The lowest BCUT2D eigenvalue weighted by Gasteiger charge is -2.15. The Morgan fingerprint density at radius 1 is 1.29 bits per heavy atom. The highest BCUT2D eigenvalue weighted by atomic mass is 16.4. The Hall–Kier alpha value is -2.23. The predicted molar refractivity (Wildman–Crippen MR) is 72.3 cm³/mol. The minimum absolute atomic E-state index is 0.727. The van der Waals surface area contributed by atoms with Gasteiger partial charge in [0.05, 0.1) is 5.69 Å². The maximum atomic E-state index is 5.44. The summed E-state index contributed by atoms with van der Waals surface area (Å²) in [6, 6.07) is 7.77. The summed E-state index contributed by atoms with van der Waals surface area (Å²) < 4.78 is 5.44. The highest BCUT2D eigenvalue weighted by molar-refractivity contribution is 6.39. The van der Waals surface area contributed by atoms with Gasteiger partial charge in [0.2, 0.25) is 0 Å². The van der Waals surface area contributed by atoms with Crippen LogP contribution in [0.5, 0.6) is 5.75 Å². The van der Waals surface area contributed by atoms with E-state index in [-0.39, 0.29) is 0 Å². The molecule has 0 unspecified atom stereocenters. The lowest BCUT2D eigenvalue weighted by Crippen LogP contribution is -2.24. The molecule has 1 radical (unpaired) electrons. The number of aliphatic imine (C=N–C) groups is 1. The lowest BCUT2D eigenvalue weighted by molar-refractivity contribution is 0.616. The monoisotopic (exact) mass is 223 g/mol. The van der Waals surface area contributed by atoms with Crippen molar-refractivity contribution in [1.82, 2.24) is 0 Å². The van der Waals surface area contributed by atoms with Gasteiger partial charge < -0.3 is 9.47 Å². The van der Waals surface area contributed by atoms with E-state index in [2.05, 4.69) is 18.2 Å². The first-order valence-electron chi connectivity index (χ1n) is 5.23. The number of allylic oxidation sites excluding steroid dienone is 3. The summed E-state index contributed by atoms with van der Waals surface area (Å²) in [5.41, 5.74) is 0.960. The van der Waals surface area contributed by atoms with Crippen LogP contribution >= 0.6 is 0 Å². The second-order valence-corrected chi connectivity index (χ2v) is 3.34. The Kier molecular flexibility index (Phi) is 3.45. The van der Waals surface area contributed by atoms with Crippen molar-refractivity contribution in [2.75, 3.05) is 4.81 Å². The van der Waals surface area contributed by atoms with E-state index in [1.54, 1.807) is 26.0 Å². The molecule has 1 aliphatic heterocycles. The summed E-state index contributed by atoms with van der Waals surface area (Å²) in [6.45, 7) is 7.28. The van der Waals surface area contributed by atoms with Crippen molar-refractivity contribution in [1.29, 1.82) is 0 Å². The standard InChI is InChI=1S/C13H12BN2O/c1-3-7-13(15-10-4-2)16-11-8-5-6-9-12(11)17-14-16/h3-10H,1-2H2/b13-7+,15-10?. The van der Waals surface area contributed by atoms with Gasteiger partial charge in [-0.1, -0.05) is 37.4 Å². The molecule has 4 heteroatoms. The number of para-hydroxylation sites is 2. The van der Waals surface area contributed by atoms with E-state index in [1.165, 1.54) is 0 Å². The van der Waals surface area contributed by atoms with E-state index in [1.807, 2.05) is 35.2 Å². The van der Waals surface area contributed by atoms with Crippen molar-refractivity contribution >= 4 is 19.5 Å². The van der Waals surface area contributed by atoms with Gasteiger partial charge in [-0.25, -0.2) is 4.99 Å². The Labute approximate surface area is 102 Å². The fourth-order valence-electron chi connectivity index (χ4n) is 1.52. The topological polar surface area (TPSA) is 24.8 Å². The smallest absolute Gasteiger partial charge is 0.527 e. The third-order valence-corrected chi connectivity index (χ3v) is 2.24. The minimum Gasteiger partial charge on any atom is -0.541 e. The van der Waals surface area contributed by atoms with Crippen LogP contribution in [0, 0.1) is 0 Å². The number of hydrogen-bond donors (Lipinski definition) is 0. The molecule has 0 spiro atoms. The first-order chi connectivity index (χ1) is 8.36. The number of anilines is 1. The largest absolute Gasteiger partial charge is 0.541 e. The van der Waals surface area contributed by atoms with Crippen molar-refractivity contribution in [3.05, 3.63) is 61.5 Å². The molecule has 0 saturated carbocycles. The molecule has 0 saturated heterocycles. The van der Waals surface area contributed by atoms with Gasteiger partial charge >= 0.3 is 7.62 Å². The van der Waals surface area contributed by atoms with Crippen LogP contribution in [0.2, 0.25) is 0 Å². The van der Waals surface area contributed by atoms with E-state index < -0.39 is 0 Å². The molecule has 0 atom stereocenters. The maximum Gasteiger partial charge on any atom is 0.527 e. The van der Waals surface area contributed by atoms with Crippen molar-refractivity contribution in [3.8, 4) is 5.75 Å². The van der Waals surface area contributed by atoms with E-state index >= 15 is 0 Å². The molecule has 0 bridgehead atoms. The van der Waals surface area contributed by atoms with Gasteiger partial charge in [-0.2, -0.15) is 0 Å². The Balaban J connectivity index is 2.34. The zero-order chi connectivity index (χ0) is 12.1. The summed E-state index contributed by atoms with van der Waals surface area (Å²) in [6.07, 6.45) is 6.75. The highest BCUT2D eigenvalue weighted by Crippen LogP contribution is 2.34. The normalized spacial score (nSPS) is 14.1. The van der Waals surface area contributed by atoms with Crippen LogP contribution < -0.4 is 9.47 Å². The molecule has 17 heavy (non-hydrogen) atoms. The van der Waals surface area contributed by atoms with Gasteiger partial charge in [0.1, 0.15) is 11.6 Å². The molecule has 0 N–H and O–H groups in total. The van der Waals surface area contributed by atoms with Crippen LogP contribution in [-0.4, -0.2) is 13.8 Å². The molecule has 0 aromatic heterocycles. The van der Waals surface area contributed by atoms with E-state index in [0.717, 1.165) is 17.3 Å². The molecule has 83 valence electrons. The molecule has 0 aliphatic carbocycles. The second-order valence-electron chi connectivity index (χ2n) is 3.34. The SMILES string of the molecule is C=CC=N/C(=C\C=C)N1[B]Oc2ccccc21. The third kappa shape index (κ3) is 2.31. The molecule has 1 aromatic rings. The average molecular weight is 223 g/mol. The molecule has 1 aliphatic rings. The first-order valence-corrected chi connectivity index (χ1v) is 5.23. The van der Waals surface area contributed by atoms with Crippen molar-refractivity contribution < 1.29 is 4.65 Å². The molecule has 0 fully saturated rings.